The number of aromatic nitrogens is 2. The minimum Gasteiger partial charge on any atom is -0.332 e. The molecule has 0 aliphatic heterocycles. The normalized spacial score (nSPS) is 11.4. The van der Waals surface area contributed by atoms with Crippen molar-refractivity contribution in [3.05, 3.63) is 75.5 Å². The summed E-state index contributed by atoms with van der Waals surface area (Å²) in [7, 11) is 0. The number of thiocarbonyl (C=S) groups is 1. The van der Waals surface area contributed by atoms with Crippen molar-refractivity contribution in [2.24, 2.45) is 0 Å². The van der Waals surface area contributed by atoms with Crippen LogP contribution in [-0.4, -0.2) is 14.9 Å². The van der Waals surface area contributed by atoms with Crippen molar-refractivity contribution in [1.82, 2.24) is 9.78 Å². The van der Waals surface area contributed by atoms with E-state index in [0.29, 0.717) is 6.54 Å². The first-order chi connectivity index (χ1) is 13.6. The number of hydrogen-bond acceptors (Lipinski definition) is 2. The van der Waals surface area contributed by atoms with E-state index in [1.54, 1.807) is 0 Å². The largest absolute Gasteiger partial charge is 0.416 e. The second kappa shape index (κ2) is 8.54. The molecule has 0 aliphatic carbocycles. The highest BCUT2D eigenvalue weighted by Gasteiger charge is 2.30. The standard InChI is InChI=1S/C20H18BrF3N4S/c1-12-18(13(2)28(27-12)11-14-6-8-16(21)9-7-14)26-19(29)25-17-5-3-4-15(10-17)20(22,23)24/h3-10H,11H2,1-2H3,(H2,25,26,29). The van der Waals surface area contributed by atoms with Crippen LogP contribution in [0.15, 0.2) is 53.0 Å². The molecule has 3 aromatic rings. The fourth-order valence-corrected chi connectivity index (χ4v) is 3.33. The van der Waals surface area contributed by atoms with Gasteiger partial charge in [-0.2, -0.15) is 18.3 Å². The molecule has 29 heavy (non-hydrogen) atoms. The van der Waals surface area contributed by atoms with Crippen LogP contribution in [0.3, 0.4) is 0 Å². The first-order valence-electron chi connectivity index (χ1n) is 8.67. The van der Waals surface area contributed by atoms with Gasteiger partial charge in [-0.3, -0.25) is 4.68 Å². The van der Waals surface area contributed by atoms with E-state index in [4.69, 9.17) is 12.2 Å². The van der Waals surface area contributed by atoms with E-state index >= 15 is 0 Å². The number of rotatable bonds is 4. The summed E-state index contributed by atoms with van der Waals surface area (Å²) in [4.78, 5) is 0. The molecule has 0 saturated carbocycles. The second-order valence-electron chi connectivity index (χ2n) is 6.49. The van der Waals surface area contributed by atoms with Crippen LogP contribution in [0.5, 0.6) is 0 Å². The number of anilines is 2. The van der Waals surface area contributed by atoms with E-state index in [2.05, 4.69) is 31.7 Å². The lowest BCUT2D eigenvalue weighted by atomic mass is 10.2. The Morgan fingerprint density at radius 1 is 1.10 bits per heavy atom. The van der Waals surface area contributed by atoms with Crippen LogP contribution >= 0.6 is 28.1 Å². The molecule has 0 aliphatic rings. The number of halogens is 4. The molecule has 3 rings (SSSR count). The lowest BCUT2D eigenvalue weighted by Crippen LogP contribution is -2.20. The maximum Gasteiger partial charge on any atom is 0.416 e. The Labute approximate surface area is 180 Å². The molecule has 0 radical (unpaired) electrons. The number of benzene rings is 2. The van der Waals surface area contributed by atoms with Crippen molar-refractivity contribution in [1.29, 1.82) is 0 Å². The minimum atomic E-state index is -4.41. The highest BCUT2D eigenvalue weighted by atomic mass is 79.9. The van der Waals surface area contributed by atoms with Crippen LogP contribution in [0.4, 0.5) is 24.5 Å². The van der Waals surface area contributed by atoms with Crippen LogP contribution in [0, 0.1) is 13.8 Å². The van der Waals surface area contributed by atoms with Crippen molar-refractivity contribution < 1.29 is 13.2 Å². The van der Waals surface area contributed by atoms with Gasteiger partial charge in [0.05, 0.1) is 29.2 Å². The van der Waals surface area contributed by atoms with Gasteiger partial charge in [0.25, 0.3) is 0 Å². The molecular weight excluding hydrogens is 465 g/mol. The van der Waals surface area contributed by atoms with Crippen LogP contribution in [-0.2, 0) is 12.7 Å². The quantitative estimate of drug-likeness (QED) is 0.438. The highest BCUT2D eigenvalue weighted by Crippen LogP contribution is 2.30. The first-order valence-corrected chi connectivity index (χ1v) is 9.87. The van der Waals surface area contributed by atoms with Gasteiger partial charge in [0.2, 0.25) is 0 Å². The molecular formula is C20H18BrF3N4S. The maximum atomic E-state index is 12.9. The smallest absolute Gasteiger partial charge is 0.332 e. The number of alkyl halides is 3. The second-order valence-corrected chi connectivity index (χ2v) is 7.81. The molecule has 0 saturated heterocycles. The summed E-state index contributed by atoms with van der Waals surface area (Å²) < 4.78 is 41.5. The topological polar surface area (TPSA) is 41.9 Å². The molecule has 2 aromatic carbocycles. The molecule has 0 fully saturated rings. The van der Waals surface area contributed by atoms with Gasteiger partial charge in [0.1, 0.15) is 0 Å². The van der Waals surface area contributed by atoms with Crippen molar-refractivity contribution in [3.8, 4) is 0 Å². The molecule has 1 aromatic heterocycles. The molecule has 4 nitrogen and oxygen atoms in total. The zero-order chi connectivity index (χ0) is 21.2. The number of nitrogens with one attached hydrogen (secondary N) is 2. The molecule has 0 amide bonds. The molecule has 2 N–H and O–H groups in total. The minimum absolute atomic E-state index is 0.193. The molecule has 0 bridgehead atoms. The Morgan fingerprint density at radius 3 is 2.45 bits per heavy atom. The molecule has 152 valence electrons. The first kappa shape index (κ1) is 21.3. The van der Waals surface area contributed by atoms with Gasteiger partial charge in [-0.1, -0.05) is 34.1 Å². The summed E-state index contributed by atoms with van der Waals surface area (Å²) in [5.74, 6) is 0. The molecule has 0 spiro atoms. The van der Waals surface area contributed by atoms with Crippen molar-refractivity contribution in [2.75, 3.05) is 10.6 Å². The average Bonchev–Trinajstić information content (AvgIpc) is 2.90. The lowest BCUT2D eigenvalue weighted by Gasteiger charge is -2.13. The average molecular weight is 483 g/mol. The number of hydrogen-bond donors (Lipinski definition) is 2. The Bertz CT molecular complexity index is 1030. The molecule has 0 atom stereocenters. The Morgan fingerprint density at radius 2 is 1.79 bits per heavy atom. The molecule has 9 heteroatoms. The predicted molar refractivity (Wildman–Crippen MR) is 116 cm³/mol. The lowest BCUT2D eigenvalue weighted by molar-refractivity contribution is -0.137. The summed E-state index contributed by atoms with van der Waals surface area (Å²) in [6.07, 6.45) is -4.41. The Hall–Kier alpha value is -2.39. The third kappa shape index (κ3) is 5.36. The van der Waals surface area contributed by atoms with E-state index in [0.717, 1.165) is 39.2 Å². The van der Waals surface area contributed by atoms with Gasteiger partial charge in [-0.05, 0) is 62.0 Å². The van der Waals surface area contributed by atoms with Gasteiger partial charge < -0.3 is 10.6 Å². The number of aryl methyl sites for hydroxylation is 1. The fraction of sp³-hybridized carbons (Fsp3) is 0.200. The molecule has 1 heterocycles. The summed E-state index contributed by atoms with van der Waals surface area (Å²) in [6.45, 7) is 4.35. The van der Waals surface area contributed by atoms with Gasteiger partial charge in [0.15, 0.2) is 5.11 Å². The van der Waals surface area contributed by atoms with Crippen LogP contribution in [0.1, 0.15) is 22.5 Å². The van der Waals surface area contributed by atoms with Crippen LogP contribution in [0.25, 0.3) is 0 Å². The maximum absolute atomic E-state index is 12.9. The number of nitrogens with zero attached hydrogens (tertiary/aromatic N) is 2. The van der Waals surface area contributed by atoms with E-state index < -0.39 is 11.7 Å². The molecule has 0 unspecified atom stereocenters. The summed E-state index contributed by atoms with van der Waals surface area (Å²) >= 11 is 8.70. The van der Waals surface area contributed by atoms with E-state index in [9.17, 15) is 13.2 Å². The summed E-state index contributed by atoms with van der Waals surface area (Å²) in [6, 6.07) is 12.8. The highest BCUT2D eigenvalue weighted by molar-refractivity contribution is 9.10. The zero-order valence-corrected chi connectivity index (χ0v) is 18.0. The summed E-state index contributed by atoms with van der Waals surface area (Å²) in [5, 5.41) is 10.6. The summed E-state index contributed by atoms with van der Waals surface area (Å²) in [5.41, 5.74) is 2.96. The third-order valence-corrected chi connectivity index (χ3v) is 5.05. The monoisotopic (exact) mass is 482 g/mol. The predicted octanol–water partition coefficient (Wildman–Crippen LogP) is 6.14. The van der Waals surface area contributed by atoms with Gasteiger partial charge in [0, 0.05) is 10.2 Å². The van der Waals surface area contributed by atoms with E-state index in [1.807, 2.05) is 42.8 Å². The van der Waals surface area contributed by atoms with Crippen LogP contribution < -0.4 is 10.6 Å². The Balaban J connectivity index is 1.72. The fourth-order valence-electron chi connectivity index (χ4n) is 2.84. The SMILES string of the molecule is Cc1nn(Cc2ccc(Br)cc2)c(C)c1NC(=S)Nc1cccc(C(F)(F)F)c1. The third-order valence-electron chi connectivity index (χ3n) is 4.31. The van der Waals surface area contributed by atoms with Crippen LogP contribution in [0.2, 0.25) is 0 Å². The van der Waals surface area contributed by atoms with Crippen molar-refractivity contribution in [2.45, 2.75) is 26.6 Å². The Kier molecular flexibility index (Phi) is 6.28. The van der Waals surface area contributed by atoms with Gasteiger partial charge in [-0.25, -0.2) is 0 Å². The van der Waals surface area contributed by atoms with E-state index in [-0.39, 0.29) is 10.8 Å². The van der Waals surface area contributed by atoms with Crippen molar-refractivity contribution in [3.63, 3.8) is 0 Å². The zero-order valence-electron chi connectivity index (χ0n) is 15.6. The van der Waals surface area contributed by atoms with Crippen molar-refractivity contribution >= 4 is 44.6 Å². The van der Waals surface area contributed by atoms with Gasteiger partial charge >= 0.3 is 6.18 Å². The van der Waals surface area contributed by atoms with Gasteiger partial charge in [-0.15, -0.1) is 0 Å². The van der Waals surface area contributed by atoms with E-state index in [1.165, 1.54) is 12.1 Å².